The number of carbonyl (C=O) groups excluding carboxylic acids is 1. The van der Waals surface area contributed by atoms with Gasteiger partial charge in [0.25, 0.3) is 0 Å². The molecule has 3 rings (SSSR count). The Morgan fingerprint density at radius 2 is 2.00 bits per heavy atom. The molecule has 0 bridgehead atoms. The van der Waals surface area contributed by atoms with E-state index >= 15 is 0 Å². The Hall–Kier alpha value is -2.61. The first-order valence-electron chi connectivity index (χ1n) is 8.51. The van der Waals surface area contributed by atoms with Crippen LogP contribution < -0.4 is 5.32 Å². The molecule has 0 unspecified atom stereocenters. The summed E-state index contributed by atoms with van der Waals surface area (Å²) in [5.74, 6) is 1.33. The van der Waals surface area contributed by atoms with Gasteiger partial charge in [-0.3, -0.25) is 4.79 Å². The average molecular weight is 371 g/mol. The number of carbonyl (C=O) groups is 1. The van der Waals surface area contributed by atoms with Crippen molar-refractivity contribution >= 4 is 22.4 Å². The highest BCUT2D eigenvalue weighted by molar-refractivity contribution is 7.15. The highest BCUT2D eigenvalue weighted by atomic mass is 32.1. The fourth-order valence-electron chi connectivity index (χ4n) is 2.31. The van der Waals surface area contributed by atoms with Crippen LogP contribution in [0.5, 0.6) is 0 Å². The Kier molecular flexibility index (Phi) is 5.72. The van der Waals surface area contributed by atoms with E-state index in [-0.39, 0.29) is 12.3 Å². The number of anilines is 1. The number of rotatable bonds is 7. The van der Waals surface area contributed by atoms with Gasteiger partial charge in [-0.05, 0) is 12.8 Å². The standard InChI is InChI=1S/C18H21N5O2S/c1-11(2)10-16-21-22-18(26-16)19-14(24)8-9-15-20-17(23-25-15)13-6-4-12(3)5-7-13/h4-7,11H,8-10H2,1-3H3,(H,19,22,24). The van der Waals surface area contributed by atoms with Crippen LogP contribution in [0, 0.1) is 12.8 Å². The lowest BCUT2D eigenvalue weighted by Crippen LogP contribution is -2.12. The zero-order valence-electron chi connectivity index (χ0n) is 15.0. The topological polar surface area (TPSA) is 93.8 Å². The maximum Gasteiger partial charge on any atom is 0.227 e. The first-order valence-corrected chi connectivity index (χ1v) is 9.33. The van der Waals surface area contributed by atoms with Gasteiger partial charge < -0.3 is 9.84 Å². The average Bonchev–Trinajstić information content (AvgIpc) is 3.23. The summed E-state index contributed by atoms with van der Waals surface area (Å²) >= 11 is 1.41. The normalized spacial score (nSPS) is 11.1. The molecule has 0 spiro atoms. The van der Waals surface area contributed by atoms with E-state index in [0.717, 1.165) is 17.0 Å². The Morgan fingerprint density at radius 1 is 1.23 bits per heavy atom. The van der Waals surface area contributed by atoms with Crippen LogP contribution in [-0.4, -0.2) is 26.2 Å². The third-order valence-electron chi connectivity index (χ3n) is 3.64. The zero-order chi connectivity index (χ0) is 18.5. The molecule has 3 aromatic rings. The summed E-state index contributed by atoms with van der Waals surface area (Å²) in [6, 6.07) is 7.88. The van der Waals surface area contributed by atoms with Crippen molar-refractivity contribution in [2.45, 2.75) is 40.0 Å². The molecule has 1 N–H and O–H groups in total. The van der Waals surface area contributed by atoms with Crippen LogP contribution in [0.15, 0.2) is 28.8 Å². The van der Waals surface area contributed by atoms with Crippen molar-refractivity contribution in [1.82, 2.24) is 20.3 Å². The van der Waals surface area contributed by atoms with Gasteiger partial charge in [-0.2, -0.15) is 4.98 Å². The minimum atomic E-state index is -0.146. The largest absolute Gasteiger partial charge is 0.339 e. The van der Waals surface area contributed by atoms with Crippen molar-refractivity contribution in [3.8, 4) is 11.4 Å². The van der Waals surface area contributed by atoms with Crippen LogP contribution in [0.4, 0.5) is 5.13 Å². The van der Waals surface area contributed by atoms with Gasteiger partial charge in [0.15, 0.2) is 0 Å². The molecule has 136 valence electrons. The van der Waals surface area contributed by atoms with Crippen LogP contribution in [-0.2, 0) is 17.6 Å². The van der Waals surface area contributed by atoms with Gasteiger partial charge in [0.05, 0.1) is 0 Å². The molecule has 1 amide bonds. The number of aromatic nitrogens is 4. The van der Waals surface area contributed by atoms with E-state index in [1.165, 1.54) is 16.9 Å². The predicted octanol–water partition coefficient (Wildman–Crippen LogP) is 3.67. The maximum atomic E-state index is 12.1. The van der Waals surface area contributed by atoms with Crippen LogP contribution in [0.1, 0.15) is 36.7 Å². The molecule has 2 aromatic heterocycles. The summed E-state index contributed by atoms with van der Waals surface area (Å²) in [6.07, 6.45) is 1.48. The number of hydrogen-bond acceptors (Lipinski definition) is 7. The second kappa shape index (κ2) is 8.18. The van der Waals surface area contributed by atoms with Gasteiger partial charge in [-0.25, -0.2) is 0 Å². The van der Waals surface area contributed by atoms with Crippen LogP contribution in [0.3, 0.4) is 0 Å². The monoisotopic (exact) mass is 371 g/mol. The quantitative estimate of drug-likeness (QED) is 0.681. The fraction of sp³-hybridized carbons (Fsp3) is 0.389. The predicted molar refractivity (Wildman–Crippen MR) is 99.9 cm³/mol. The molecule has 2 heterocycles. The maximum absolute atomic E-state index is 12.1. The van der Waals surface area contributed by atoms with Gasteiger partial charge in [0.1, 0.15) is 5.01 Å². The minimum absolute atomic E-state index is 0.146. The Balaban J connectivity index is 1.52. The third kappa shape index (κ3) is 4.95. The Labute approximate surface area is 155 Å². The number of amides is 1. The first kappa shape index (κ1) is 18.2. The highest BCUT2D eigenvalue weighted by Crippen LogP contribution is 2.19. The van der Waals surface area contributed by atoms with Gasteiger partial charge in [0.2, 0.25) is 22.8 Å². The van der Waals surface area contributed by atoms with Crippen molar-refractivity contribution in [3.05, 3.63) is 40.7 Å². The van der Waals surface area contributed by atoms with Gasteiger partial charge in [-0.15, -0.1) is 10.2 Å². The second-order valence-corrected chi connectivity index (χ2v) is 7.59. The number of hydrogen-bond donors (Lipinski definition) is 1. The third-order valence-corrected chi connectivity index (χ3v) is 4.50. The number of nitrogens with one attached hydrogen (secondary N) is 1. The van der Waals surface area contributed by atoms with E-state index in [9.17, 15) is 4.79 Å². The molecule has 0 saturated heterocycles. The molecule has 0 aliphatic rings. The Morgan fingerprint density at radius 3 is 2.73 bits per heavy atom. The van der Waals surface area contributed by atoms with Crippen LogP contribution in [0.25, 0.3) is 11.4 Å². The summed E-state index contributed by atoms with van der Waals surface area (Å²) in [6.45, 7) is 6.26. The molecule has 0 radical (unpaired) electrons. The fourth-order valence-corrected chi connectivity index (χ4v) is 3.28. The van der Waals surface area contributed by atoms with Crippen LogP contribution in [0.2, 0.25) is 0 Å². The highest BCUT2D eigenvalue weighted by Gasteiger charge is 2.13. The number of benzene rings is 1. The lowest BCUT2D eigenvalue weighted by Gasteiger charge is -1.99. The molecule has 0 atom stereocenters. The first-order chi connectivity index (χ1) is 12.5. The summed E-state index contributed by atoms with van der Waals surface area (Å²) < 4.78 is 5.23. The van der Waals surface area contributed by atoms with Gasteiger partial charge in [0, 0.05) is 24.8 Å². The lowest BCUT2D eigenvalue weighted by molar-refractivity contribution is -0.116. The summed E-state index contributed by atoms with van der Waals surface area (Å²) in [7, 11) is 0. The lowest BCUT2D eigenvalue weighted by atomic mass is 10.1. The van der Waals surface area contributed by atoms with Crippen molar-refractivity contribution in [1.29, 1.82) is 0 Å². The second-order valence-electron chi connectivity index (χ2n) is 6.52. The van der Waals surface area contributed by atoms with Gasteiger partial charge in [-0.1, -0.05) is 60.2 Å². The Bertz CT molecular complexity index is 870. The SMILES string of the molecule is Cc1ccc(-c2noc(CCC(=O)Nc3nnc(CC(C)C)s3)n2)cc1. The molecule has 7 nitrogen and oxygen atoms in total. The van der Waals surface area contributed by atoms with Crippen molar-refractivity contribution in [3.63, 3.8) is 0 Å². The minimum Gasteiger partial charge on any atom is -0.339 e. The van der Waals surface area contributed by atoms with Crippen LogP contribution >= 0.6 is 11.3 Å². The number of nitrogens with zero attached hydrogens (tertiary/aromatic N) is 4. The summed E-state index contributed by atoms with van der Waals surface area (Å²) in [5.41, 5.74) is 2.06. The summed E-state index contributed by atoms with van der Waals surface area (Å²) in [4.78, 5) is 16.4. The summed E-state index contributed by atoms with van der Waals surface area (Å²) in [5, 5.41) is 16.3. The van der Waals surface area contributed by atoms with E-state index in [4.69, 9.17) is 4.52 Å². The molecule has 0 fully saturated rings. The van der Waals surface area contributed by atoms with Crippen molar-refractivity contribution in [2.24, 2.45) is 5.92 Å². The molecular weight excluding hydrogens is 350 g/mol. The van der Waals surface area contributed by atoms with Crippen molar-refractivity contribution in [2.75, 3.05) is 5.32 Å². The molecule has 26 heavy (non-hydrogen) atoms. The molecule has 0 aliphatic carbocycles. The molecule has 0 saturated carbocycles. The number of aryl methyl sites for hydroxylation is 2. The molecule has 8 heteroatoms. The van der Waals surface area contributed by atoms with E-state index in [0.29, 0.717) is 29.2 Å². The van der Waals surface area contributed by atoms with E-state index in [1.807, 2.05) is 31.2 Å². The molecule has 0 aliphatic heterocycles. The van der Waals surface area contributed by atoms with E-state index in [2.05, 4.69) is 39.5 Å². The van der Waals surface area contributed by atoms with Crippen molar-refractivity contribution < 1.29 is 9.32 Å². The smallest absolute Gasteiger partial charge is 0.227 e. The molecule has 1 aromatic carbocycles. The van der Waals surface area contributed by atoms with Gasteiger partial charge >= 0.3 is 0 Å². The van der Waals surface area contributed by atoms with E-state index in [1.54, 1.807) is 0 Å². The zero-order valence-corrected chi connectivity index (χ0v) is 15.8. The van der Waals surface area contributed by atoms with E-state index < -0.39 is 0 Å². The molecular formula is C18H21N5O2S.